The largest absolute Gasteiger partial charge is 0.374 e. The summed E-state index contributed by atoms with van der Waals surface area (Å²) in [5, 5.41) is 13.1. The summed E-state index contributed by atoms with van der Waals surface area (Å²) in [5.41, 5.74) is 23.9. The van der Waals surface area contributed by atoms with Crippen LogP contribution in [0.2, 0.25) is 0 Å². The van der Waals surface area contributed by atoms with Gasteiger partial charge in [0.2, 0.25) is 0 Å². The molecule has 10 aromatic carbocycles. The Labute approximate surface area is 365 Å². The van der Waals surface area contributed by atoms with Gasteiger partial charge in [-0.05, 0) is 67.9 Å². The summed E-state index contributed by atoms with van der Waals surface area (Å²) in [6.45, 7) is -0.0374. The molecule has 5 heteroatoms. The van der Waals surface area contributed by atoms with E-state index in [0.717, 1.165) is 0 Å². The summed E-state index contributed by atoms with van der Waals surface area (Å²) >= 11 is 0. The topological polar surface area (TPSA) is 19.7 Å². The Morgan fingerprint density at radius 1 is 0.375 bits per heavy atom. The molecule has 4 aliphatic heterocycles. The maximum atomic E-state index is 2.80. The van der Waals surface area contributed by atoms with Crippen LogP contribution in [0, 0.1) is 0 Å². The van der Waals surface area contributed by atoms with E-state index in [2.05, 4.69) is 200 Å². The van der Waals surface area contributed by atoms with Crippen molar-refractivity contribution in [2.75, 3.05) is 0 Å². The van der Waals surface area contributed by atoms with Gasteiger partial charge in [0.1, 0.15) is 0 Å². The molecular formula is C59H31BN4. The lowest BCUT2D eigenvalue weighted by molar-refractivity contribution is 0.712. The van der Waals surface area contributed by atoms with Crippen LogP contribution in [0.15, 0.2) is 182 Å². The van der Waals surface area contributed by atoms with E-state index in [-0.39, 0.29) is 12.9 Å². The highest BCUT2D eigenvalue weighted by Crippen LogP contribution is 2.58. The van der Waals surface area contributed by atoms with E-state index in [1.165, 1.54) is 154 Å². The van der Waals surface area contributed by atoms with Gasteiger partial charge in [0.25, 0.3) is 0 Å². The van der Waals surface area contributed by atoms with Crippen LogP contribution in [0.4, 0.5) is 0 Å². The van der Waals surface area contributed by atoms with E-state index in [0.29, 0.717) is 0 Å². The Morgan fingerprint density at radius 3 is 1.67 bits per heavy atom. The van der Waals surface area contributed by atoms with Crippen LogP contribution >= 0.6 is 0 Å². The first-order chi connectivity index (χ1) is 31.8. The zero-order chi connectivity index (χ0) is 40.8. The molecule has 64 heavy (non-hydrogen) atoms. The van der Waals surface area contributed by atoms with Crippen molar-refractivity contribution in [2.24, 2.45) is 0 Å². The van der Waals surface area contributed by atoms with Gasteiger partial charge < -0.3 is 18.2 Å². The number of fused-ring (bicyclic) bond motifs is 23. The number of nitrogens with zero attached hydrogens (tertiary/aromatic N) is 4. The molecule has 0 radical (unpaired) electrons. The zero-order valence-electron chi connectivity index (χ0n) is 34.3. The fraction of sp³-hybridized carbons (Fsp3) is 0.0169. The predicted octanol–water partition coefficient (Wildman–Crippen LogP) is 13.1. The highest BCUT2D eigenvalue weighted by atomic mass is 15.1. The van der Waals surface area contributed by atoms with Gasteiger partial charge >= 0.3 is 6.85 Å². The lowest BCUT2D eigenvalue weighted by atomic mass is 9.45. The molecule has 0 saturated carbocycles. The van der Waals surface area contributed by atoms with Crippen molar-refractivity contribution in [3.63, 3.8) is 0 Å². The maximum Gasteiger partial charge on any atom is 0.333 e. The fourth-order valence-electron chi connectivity index (χ4n) is 14.0. The van der Waals surface area contributed by atoms with E-state index in [1.807, 2.05) is 0 Å². The van der Waals surface area contributed by atoms with Gasteiger partial charge in [-0.3, -0.25) is 0 Å². The third-order valence-corrected chi connectivity index (χ3v) is 16.0. The Hall–Kier alpha value is -8.28. The van der Waals surface area contributed by atoms with Gasteiger partial charge in [-0.15, -0.1) is 0 Å². The van der Waals surface area contributed by atoms with Gasteiger partial charge in [0.05, 0.1) is 50.3 Å². The highest BCUT2D eigenvalue weighted by molar-refractivity contribution is 6.90. The minimum Gasteiger partial charge on any atom is -0.374 e. The van der Waals surface area contributed by atoms with Crippen molar-refractivity contribution in [1.82, 2.24) is 18.2 Å². The molecule has 0 aliphatic carbocycles. The summed E-state index contributed by atoms with van der Waals surface area (Å²) in [5.74, 6) is 0. The molecule has 0 fully saturated rings. The first-order valence-corrected chi connectivity index (χ1v) is 22.6. The average molecular weight is 807 g/mol. The second-order valence-corrected chi connectivity index (χ2v) is 18.6. The zero-order valence-corrected chi connectivity index (χ0v) is 34.3. The predicted molar refractivity (Wildman–Crippen MR) is 267 cm³/mol. The number of hydrogen-bond acceptors (Lipinski definition) is 0. The number of rotatable bonds is 0. The molecular weight excluding hydrogens is 775 g/mol. The van der Waals surface area contributed by atoms with E-state index >= 15 is 0 Å². The third-order valence-electron chi connectivity index (χ3n) is 16.0. The van der Waals surface area contributed by atoms with Crippen LogP contribution in [0.25, 0.3) is 132 Å². The van der Waals surface area contributed by atoms with E-state index in [1.54, 1.807) is 0 Å². The first kappa shape index (κ1) is 31.6. The molecule has 4 aromatic heterocycles. The molecule has 290 valence electrons. The van der Waals surface area contributed by atoms with Crippen LogP contribution in [0.1, 0.15) is 17.2 Å². The Morgan fingerprint density at radius 2 is 0.922 bits per heavy atom. The minimum absolute atomic E-state index is 0.0374. The van der Waals surface area contributed by atoms with Gasteiger partial charge in [0.15, 0.2) is 0 Å². The maximum absolute atomic E-state index is 2.80. The Balaban J connectivity index is 1.09. The monoisotopic (exact) mass is 806 g/mol. The quantitative estimate of drug-likeness (QED) is 0.136. The van der Waals surface area contributed by atoms with Crippen molar-refractivity contribution in [1.29, 1.82) is 0 Å². The van der Waals surface area contributed by atoms with E-state index in [9.17, 15) is 0 Å². The Bertz CT molecular complexity index is 4330. The Kier molecular flexibility index (Phi) is 5.09. The highest BCUT2D eigenvalue weighted by Gasteiger charge is 2.45. The molecule has 0 spiro atoms. The van der Waals surface area contributed by atoms with E-state index in [4.69, 9.17) is 0 Å². The van der Waals surface area contributed by atoms with E-state index < -0.39 is 0 Å². The second-order valence-electron chi connectivity index (χ2n) is 18.6. The summed E-state index contributed by atoms with van der Waals surface area (Å²) in [6, 6.07) is 69.6. The standard InChI is InChI=1S/C59H31BN4/c1-3-15-33-31(13-1)29-47-51-49(33)39-21-10-24-42-54(39)63(57(51)41-23-9-19-37-35-17-5-7-27-45(35)61(47)53(37)41)58-43-25-11-22-40-50-34-16-4-2-14-32(34)30-48-52(50)60(64(55(40)43)59(42)58)44-26-12-20-38-36-18-6-8-28-46(36)62(48)56(38)44/h1-30,57H. The van der Waals surface area contributed by atoms with Gasteiger partial charge in [-0.25, -0.2) is 0 Å². The lowest BCUT2D eigenvalue weighted by Gasteiger charge is -2.37. The molecule has 14 aromatic rings. The van der Waals surface area contributed by atoms with Crippen LogP contribution in [0.3, 0.4) is 0 Å². The summed E-state index contributed by atoms with van der Waals surface area (Å²) < 4.78 is 10.8. The normalized spacial score (nSPS) is 15.0. The van der Waals surface area contributed by atoms with Gasteiger partial charge in [0, 0.05) is 65.8 Å². The average Bonchev–Trinajstić information content (AvgIpc) is 4.08. The second kappa shape index (κ2) is 10.3. The van der Waals surface area contributed by atoms with Crippen LogP contribution in [0.5, 0.6) is 0 Å². The lowest BCUT2D eigenvalue weighted by Crippen LogP contribution is -2.55. The summed E-state index contributed by atoms with van der Waals surface area (Å²) in [4.78, 5) is 0. The van der Waals surface area contributed by atoms with Crippen LogP contribution < -0.4 is 10.9 Å². The molecule has 8 heterocycles. The first-order valence-electron chi connectivity index (χ1n) is 22.6. The van der Waals surface area contributed by atoms with Crippen molar-refractivity contribution < 1.29 is 0 Å². The number of benzene rings is 10. The fourth-order valence-corrected chi connectivity index (χ4v) is 14.0. The third kappa shape index (κ3) is 3.21. The van der Waals surface area contributed by atoms with Crippen molar-refractivity contribution in [3.05, 3.63) is 193 Å². The number of aromatic nitrogens is 4. The van der Waals surface area contributed by atoms with Crippen molar-refractivity contribution >= 4 is 116 Å². The summed E-state index contributed by atoms with van der Waals surface area (Å²) in [7, 11) is 0. The molecule has 0 saturated heterocycles. The van der Waals surface area contributed by atoms with Crippen LogP contribution in [-0.4, -0.2) is 25.0 Å². The molecule has 4 nitrogen and oxygen atoms in total. The van der Waals surface area contributed by atoms with Gasteiger partial charge in [-0.1, -0.05) is 158 Å². The van der Waals surface area contributed by atoms with Crippen molar-refractivity contribution in [3.8, 4) is 33.6 Å². The smallest absolute Gasteiger partial charge is 0.333 e. The molecule has 1 unspecified atom stereocenters. The number of para-hydroxylation sites is 6. The molecule has 18 rings (SSSR count). The molecule has 0 N–H and O–H groups in total. The minimum atomic E-state index is -0.0374. The van der Waals surface area contributed by atoms with Crippen LogP contribution in [-0.2, 0) is 0 Å². The molecule has 4 aliphatic rings. The molecule has 0 amide bonds. The molecule has 0 bridgehead atoms. The summed E-state index contributed by atoms with van der Waals surface area (Å²) in [6.07, 6.45) is 0. The SMILES string of the molecule is c1ccc2c3c4c(cc2c1)-n1c2ccccc2c2cccc(c21)B4n1c2c-3cccc2c2c1c1cccc3c1n2C1c2c(cc4ccccc4c2-3)-n2c3ccccc3c3cccc1c32. The molecule has 1 atom stereocenters. The van der Waals surface area contributed by atoms with Crippen molar-refractivity contribution in [2.45, 2.75) is 6.04 Å². The van der Waals surface area contributed by atoms with Gasteiger partial charge in [-0.2, -0.15) is 0 Å². The number of hydrogen-bond donors (Lipinski definition) is 0.